The predicted octanol–water partition coefficient (Wildman–Crippen LogP) is 5.47. The lowest BCUT2D eigenvalue weighted by molar-refractivity contribution is -0.127. The highest BCUT2D eigenvalue weighted by Crippen LogP contribution is 2.37. The van der Waals surface area contributed by atoms with Crippen LogP contribution >= 0.6 is 34.4 Å². The molecule has 214 valence electrons. The molecule has 0 N–H and O–H groups in total. The summed E-state index contributed by atoms with van der Waals surface area (Å²) in [5, 5.41) is 0.683. The first kappa shape index (κ1) is 28.2. The fourth-order valence-corrected chi connectivity index (χ4v) is 8.04. The quantitative estimate of drug-likeness (QED) is 0.230. The normalized spacial score (nSPS) is 15.1. The minimum absolute atomic E-state index is 0.144. The summed E-state index contributed by atoms with van der Waals surface area (Å²) in [5.41, 5.74) is 2.49. The van der Waals surface area contributed by atoms with Crippen LogP contribution < -0.4 is 19.6 Å². The predicted molar refractivity (Wildman–Crippen MR) is 167 cm³/mol. The largest absolute Gasteiger partial charge is 0.496 e. The van der Waals surface area contributed by atoms with Crippen LogP contribution in [0.2, 0.25) is 0 Å². The second kappa shape index (κ2) is 11.7. The van der Waals surface area contributed by atoms with Gasteiger partial charge in [-0.05, 0) is 62.9 Å². The van der Waals surface area contributed by atoms with Gasteiger partial charge < -0.3 is 14.1 Å². The highest BCUT2D eigenvalue weighted by atomic mass is 32.2. The molecule has 8 nitrogen and oxygen atoms in total. The zero-order chi connectivity index (χ0) is 29.4. The number of para-hydroxylation sites is 2. The van der Waals surface area contributed by atoms with Gasteiger partial charge in [-0.3, -0.25) is 14.2 Å². The van der Waals surface area contributed by atoms with E-state index in [9.17, 15) is 9.59 Å². The summed E-state index contributed by atoms with van der Waals surface area (Å²) >= 11 is 4.33. The summed E-state index contributed by atoms with van der Waals surface area (Å²) in [5.74, 6) is 1.00. The number of amides is 1. The van der Waals surface area contributed by atoms with Crippen molar-refractivity contribution in [1.82, 2.24) is 14.5 Å². The van der Waals surface area contributed by atoms with E-state index in [1.165, 1.54) is 23.1 Å². The van der Waals surface area contributed by atoms with E-state index in [-0.39, 0.29) is 11.5 Å². The third-order valence-electron chi connectivity index (χ3n) is 7.07. The van der Waals surface area contributed by atoms with Crippen LogP contribution in [0.15, 0.2) is 95.6 Å². The maximum absolute atomic E-state index is 14.0. The van der Waals surface area contributed by atoms with Crippen LogP contribution in [0, 0.1) is 0 Å². The topological polar surface area (TPSA) is 89.9 Å². The Hall–Kier alpha value is -3.93. The summed E-state index contributed by atoms with van der Waals surface area (Å²) in [4.78, 5) is 39.5. The first-order valence-electron chi connectivity index (χ1n) is 13.5. The number of furan rings is 1. The summed E-state index contributed by atoms with van der Waals surface area (Å²) < 4.78 is 15.8. The number of aromatic nitrogens is 2. The van der Waals surface area contributed by atoms with Crippen molar-refractivity contribution in [3.05, 3.63) is 103 Å². The standard InChI is InChI=1S/C31H28N4O4S3/c1-5-34(6-2)29(37)26-18(3)32-30-35(27(26)20-11-7-9-13-22(20)38-4)28(36)24(40-30)17-19-15-16-25(39-19)42-31-33-21-12-8-10-14-23(21)41-31/h7-17,27H,5-6H2,1-4H3/b24-17+/t27-/m1/s1. The van der Waals surface area contributed by atoms with E-state index < -0.39 is 6.04 Å². The van der Waals surface area contributed by atoms with Crippen molar-refractivity contribution < 1.29 is 13.9 Å². The molecular weight excluding hydrogens is 589 g/mol. The summed E-state index contributed by atoms with van der Waals surface area (Å²) in [6.07, 6.45) is 1.73. The Morgan fingerprint density at radius 3 is 2.62 bits per heavy atom. The molecule has 11 heteroatoms. The Balaban J connectivity index is 1.42. The van der Waals surface area contributed by atoms with Gasteiger partial charge in [0.05, 0.1) is 33.1 Å². The summed E-state index contributed by atoms with van der Waals surface area (Å²) in [6.45, 7) is 6.80. The molecule has 1 atom stereocenters. The molecule has 5 aromatic rings. The number of nitrogens with zero attached hydrogens (tertiary/aromatic N) is 4. The third-order valence-corrected chi connectivity index (χ3v) is 10.1. The molecule has 1 aliphatic rings. The number of hydrogen-bond donors (Lipinski definition) is 0. The fourth-order valence-electron chi connectivity index (χ4n) is 5.04. The Morgan fingerprint density at radius 2 is 1.86 bits per heavy atom. The van der Waals surface area contributed by atoms with Gasteiger partial charge >= 0.3 is 0 Å². The molecule has 0 fully saturated rings. The molecule has 0 spiro atoms. The molecule has 0 radical (unpaired) electrons. The van der Waals surface area contributed by atoms with Crippen LogP contribution in [-0.4, -0.2) is 40.6 Å². The molecule has 0 aliphatic carbocycles. The van der Waals surface area contributed by atoms with Crippen LogP contribution in [0.25, 0.3) is 16.3 Å². The van der Waals surface area contributed by atoms with Gasteiger partial charge in [0.25, 0.3) is 11.5 Å². The van der Waals surface area contributed by atoms with Gasteiger partial charge in [-0.2, -0.15) is 0 Å². The average Bonchev–Trinajstić information content (AvgIpc) is 3.70. The number of carbonyl (C=O) groups is 1. The van der Waals surface area contributed by atoms with Gasteiger partial charge in [0.1, 0.15) is 17.6 Å². The molecule has 42 heavy (non-hydrogen) atoms. The van der Waals surface area contributed by atoms with E-state index in [0.717, 1.165) is 20.1 Å². The van der Waals surface area contributed by atoms with Gasteiger partial charge in [0.15, 0.2) is 14.2 Å². The monoisotopic (exact) mass is 616 g/mol. The van der Waals surface area contributed by atoms with E-state index in [2.05, 4.69) is 4.98 Å². The molecule has 0 saturated heterocycles. The number of fused-ring (bicyclic) bond motifs is 2. The Labute approximate surface area is 254 Å². The van der Waals surface area contributed by atoms with E-state index in [4.69, 9.17) is 14.1 Å². The average molecular weight is 617 g/mol. The molecule has 0 bridgehead atoms. The lowest BCUT2D eigenvalue weighted by atomic mass is 9.94. The summed E-state index contributed by atoms with van der Waals surface area (Å²) in [6, 6.07) is 18.5. The number of ether oxygens (including phenoxy) is 1. The third kappa shape index (κ3) is 5.12. The van der Waals surface area contributed by atoms with E-state index in [0.29, 0.717) is 50.3 Å². The second-order valence-corrected chi connectivity index (χ2v) is 12.8. The van der Waals surface area contributed by atoms with Crippen molar-refractivity contribution in [3.8, 4) is 5.75 Å². The van der Waals surface area contributed by atoms with Crippen LogP contribution in [-0.2, 0) is 4.79 Å². The van der Waals surface area contributed by atoms with Gasteiger partial charge in [0.2, 0.25) is 0 Å². The van der Waals surface area contributed by atoms with Gasteiger partial charge in [-0.25, -0.2) is 9.98 Å². The second-order valence-electron chi connectivity index (χ2n) is 9.51. The number of likely N-dealkylation sites (N-methyl/N-ethyl adjacent to an activating group) is 1. The lowest BCUT2D eigenvalue weighted by Crippen LogP contribution is -2.43. The molecule has 0 saturated carbocycles. The van der Waals surface area contributed by atoms with Crippen molar-refractivity contribution in [2.75, 3.05) is 20.2 Å². The molecule has 1 amide bonds. The smallest absolute Gasteiger partial charge is 0.271 e. The number of benzene rings is 2. The number of methoxy groups -OCH3 is 1. The molecule has 4 heterocycles. The number of thiazole rings is 2. The lowest BCUT2D eigenvalue weighted by Gasteiger charge is -2.29. The van der Waals surface area contributed by atoms with E-state index >= 15 is 0 Å². The zero-order valence-electron chi connectivity index (χ0n) is 23.5. The highest BCUT2D eigenvalue weighted by Gasteiger charge is 2.35. The van der Waals surface area contributed by atoms with Crippen molar-refractivity contribution in [1.29, 1.82) is 0 Å². The number of hydrogen-bond acceptors (Lipinski definition) is 9. The van der Waals surface area contributed by atoms with Gasteiger partial charge in [-0.15, -0.1) is 11.3 Å². The Morgan fingerprint density at radius 1 is 1.10 bits per heavy atom. The molecule has 6 rings (SSSR count). The van der Waals surface area contributed by atoms with E-state index in [1.807, 2.05) is 81.4 Å². The number of rotatable bonds is 8. The highest BCUT2D eigenvalue weighted by molar-refractivity contribution is 8.01. The number of carbonyl (C=O) groups excluding carboxylic acids is 1. The van der Waals surface area contributed by atoms with Gasteiger partial charge in [-0.1, -0.05) is 41.7 Å². The van der Waals surface area contributed by atoms with E-state index in [1.54, 1.807) is 34.0 Å². The Bertz CT molecular complexity index is 1980. The van der Waals surface area contributed by atoms with Crippen LogP contribution in [0.1, 0.15) is 38.1 Å². The maximum Gasteiger partial charge on any atom is 0.271 e. The molecular formula is C31H28N4O4S3. The summed E-state index contributed by atoms with van der Waals surface area (Å²) in [7, 11) is 1.59. The SMILES string of the molecule is CCN(CC)C(=O)C1=C(C)N=c2s/c(=C/c3ccc(Sc4nc5ccccc5s4)o3)c(=O)n2[C@@H]1c1ccccc1OC. The van der Waals surface area contributed by atoms with Crippen molar-refractivity contribution in [3.63, 3.8) is 0 Å². The maximum atomic E-state index is 14.0. The van der Waals surface area contributed by atoms with Crippen molar-refractivity contribution in [2.24, 2.45) is 4.99 Å². The molecule has 0 unspecified atom stereocenters. The minimum Gasteiger partial charge on any atom is -0.496 e. The zero-order valence-corrected chi connectivity index (χ0v) is 25.9. The Kier molecular flexibility index (Phi) is 7.89. The van der Waals surface area contributed by atoms with Crippen molar-refractivity contribution >= 4 is 56.6 Å². The number of allylic oxidation sites excluding steroid dienone is 1. The van der Waals surface area contributed by atoms with Gasteiger partial charge in [0, 0.05) is 24.7 Å². The molecule has 1 aliphatic heterocycles. The fraction of sp³-hybridized carbons (Fsp3) is 0.226. The van der Waals surface area contributed by atoms with Crippen LogP contribution in [0.5, 0.6) is 5.75 Å². The molecule has 2 aromatic carbocycles. The van der Waals surface area contributed by atoms with Crippen LogP contribution in [0.3, 0.4) is 0 Å². The first-order chi connectivity index (χ1) is 20.4. The minimum atomic E-state index is -0.686. The van der Waals surface area contributed by atoms with Crippen LogP contribution in [0.4, 0.5) is 0 Å². The van der Waals surface area contributed by atoms with Crippen molar-refractivity contribution in [2.45, 2.75) is 36.2 Å². The molecule has 3 aromatic heterocycles. The first-order valence-corrected chi connectivity index (χ1v) is 15.9.